The molecule has 0 saturated carbocycles. The van der Waals surface area contributed by atoms with Crippen molar-refractivity contribution >= 4 is 40.7 Å². The number of rotatable bonds is 3. The summed E-state index contributed by atoms with van der Waals surface area (Å²) in [6.07, 6.45) is 2.04. The first-order valence-electron chi connectivity index (χ1n) is 6.95. The zero-order valence-electron chi connectivity index (χ0n) is 11.8. The fourth-order valence-corrected chi connectivity index (χ4v) is 2.82. The highest BCUT2D eigenvalue weighted by atomic mass is 35.5. The van der Waals surface area contributed by atoms with Crippen LogP contribution in [0.2, 0.25) is 10.0 Å². The second kappa shape index (κ2) is 7.48. The van der Waals surface area contributed by atoms with Crippen LogP contribution in [0, 0.1) is 11.3 Å². The van der Waals surface area contributed by atoms with Gasteiger partial charge in [-0.05, 0) is 37.5 Å². The van der Waals surface area contributed by atoms with Crippen LogP contribution in [0.3, 0.4) is 0 Å². The number of piperidine rings is 1. The Morgan fingerprint density at radius 1 is 1.36 bits per heavy atom. The minimum absolute atomic E-state index is 0.221. The summed E-state index contributed by atoms with van der Waals surface area (Å²) in [6, 6.07) is 6.04. The molecule has 2 amide bonds. The number of carbonyl (C=O) groups excluding carboxylic acids is 2. The number of nitrogens with zero attached hydrogens (tertiary/aromatic N) is 2. The third-order valence-corrected chi connectivity index (χ3v) is 4.11. The van der Waals surface area contributed by atoms with Gasteiger partial charge in [0.05, 0.1) is 16.8 Å². The molecule has 1 atom stereocenters. The Balaban J connectivity index is 2.14. The lowest BCUT2D eigenvalue weighted by Crippen LogP contribution is -2.49. The maximum absolute atomic E-state index is 12.5. The van der Waals surface area contributed by atoms with Gasteiger partial charge >= 0.3 is 0 Å². The molecule has 1 N–H and O–H groups in total. The van der Waals surface area contributed by atoms with Gasteiger partial charge in [-0.1, -0.05) is 23.2 Å². The van der Waals surface area contributed by atoms with E-state index in [9.17, 15) is 9.59 Å². The van der Waals surface area contributed by atoms with E-state index in [4.69, 9.17) is 28.5 Å². The summed E-state index contributed by atoms with van der Waals surface area (Å²) in [7, 11) is 0. The maximum Gasteiger partial charge on any atom is 0.247 e. The molecule has 0 aromatic heterocycles. The summed E-state index contributed by atoms with van der Waals surface area (Å²) in [6.45, 7) is 0.488. The van der Waals surface area contributed by atoms with Crippen molar-refractivity contribution in [2.24, 2.45) is 0 Å². The molecule has 2 rings (SSSR count). The van der Waals surface area contributed by atoms with Crippen LogP contribution in [-0.2, 0) is 9.59 Å². The molecule has 1 saturated heterocycles. The van der Waals surface area contributed by atoms with Crippen LogP contribution in [-0.4, -0.2) is 29.3 Å². The Kier molecular flexibility index (Phi) is 5.64. The van der Waals surface area contributed by atoms with E-state index in [1.807, 2.05) is 6.07 Å². The molecule has 1 fully saturated rings. The summed E-state index contributed by atoms with van der Waals surface area (Å²) in [5, 5.41) is 12.2. The van der Waals surface area contributed by atoms with Crippen molar-refractivity contribution in [1.82, 2.24) is 4.90 Å². The van der Waals surface area contributed by atoms with Crippen molar-refractivity contribution in [3.63, 3.8) is 0 Å². The Labute approximate surface area is 138 Å². The predicted molar refractivity (Wildman–Crippen MR) is 84.7 cm³/mol. The maximum atomic E-state index is 12.5. The van der Waals surface area contributed by atoms with Gasteiger partial charge in [0.15, 0.2) is 0 Å². The number of carbonyl (C=O) groups is 2. The van der Waals surface area contributed by atoms with Crippen molar-refractivity contribution in [3.05, 3.63) is 28.2 Å². The van der Waals surface area contributed by atoms with Gasteiger partial charge in [-0.25, -0.2) is 0 Å². The predicted octanol–water partition coefficient (Wildman–Crippen LogP) is 3.23. The average Bonchev–Trinajstić information content (AvgIpc) is 2.51. The summed E-state index contributed by atoms with van der Waals surface area (Å²) < 4.78 is 0. The summed E-state index contributed by atoms with van der Waals surface area (Å²) >= 11 is 11.9. The SMILES string of the molecule is N#CCC(=O)N1CCCCC1C(=O)Nc1cc(Cl)ccc1Cl. The van der Waals surface area contributed by atoms with Crippen molar-refractivity contribution in [1.29, 1.82) is 5.26 Å². The zero-order chi connectivity index (χ0) is 16.1. The second-order valence-electron chi connectivity index (χ2n) is 5.05. The molecular weight excluding hydrogens is 325 g/mol. The number of benzene rings is 1. The van der Waals surface area contributed by atoms with Gasteiger partial charge in [0.2, 0.25) is 11.8 Å². The van der Waals surface area contributed by atoms with Crippen molar-refractivity contribution in [3.8, 4) is 6.07 Å². The average molecular weight is 340 g/mol. The molecule has 1 aliphatic rings. The molecule has 0 spiro atoms. The minimum atomic E-state index is -0.579. The second-order valence-corrected chi connectivity index (χ2v) is 5.89. The third kappa shape index (κ3) is 3.90. The van der Waals surface area contributed by atoms with Crippen LogP contribution in [0.1, 0.15) is 25.7 Å². The van der Waals surface area contributed by atoms with Crippen LogP contribution in [0.5, 0.6) is 0 Å². The van der Waals surface area contributed by atoms with Crippen LogP contribution >= 0.6 is 23.2 Å². The van der Waals surface area contributed by atoms with Crippen molar-refractivity contribution in [2.45, 2.75) is 31.7 Å². The molecule has 5 nitrogen and oxygen atoms in total. The monoisotopic (exact) mass is 339 g/mol. The number of amides is 2. The Hall–Kier alpha value is -1.77. The summed E-state index contributed by atoms with van der Waals surface area (Å²) in [5.41, 5.74) is 0.414. The highest BCUT2D eigenvalue weighted by molar-refractivity contribution is 6.35. The van der Waals surface area contributed by atoms with E-state index in [0.717, 1.165) is 12.8 Å². The summed E-state index contributed by atoms with van der Waals surface area (Å²) in [4.78, 5) is 25.9. The van der Waals surface area contributed by atoms with Crippen molar-refractivity contribution < 1.29 is 9.59 Å². The Morgan fingerprint density at radius 3 is 2.86 bits per heavy atom. The first-order valence-corrected chi connectivity index (χ1v) is 7.71. The number of hydrogen-bond acceptors (Lipinski definition) is 3. The zero-order valence-corrected chi connectivity index (χ0v) is 13.3. The number of halogens is 2. The molecule has 22 heavy (non-hydrogen) atoms. The number of nitriles is 1. The third-order valence-electron chi connectivity index (χ3n) is 3.54. The van der Waals surface area contributed by atoms with E-state index in [0.29, 0.717) is 28.7 Å². The van der Waals surface area contributed by atoms with E-state index >= 15 is 0 Å². The molecule has 116 valence electrons. The molecule has 1 aromatic rings. The number of hydrogen-bond donors (Lipinski definition) is 1. The van der Waals surface area contributed by atoms with Gasteiger partial charge < -0.3 is 10.2 Å². The topological polar surface area (TPSA) is 73.2 Å². The molecule has 1 aliphatic heterocycles. The van der Waals surface area contributed by atoms with E-state index in [-0.39, 0.29) is 18.2 Å². The largest absolute Gasteiger partial charge is 0.330 e. The molecule has 7 heteroatoms. The van der Waals surface area contributed by atoms with E-state index in [2.05, 4.69) is 5.32 Å². The van der Waals surface area contributed by atoms with Gasteiger partial charge in [0.25, 0.3) is 0 Å². The minimum Gasteiger partial charge on any atom is -0.330 e. The standard InChI is InChI=1S/C15H15Cl2N3O2/c16-10-4-5-11(17)12(9-10)19-15(22)13-3-1-2-8-20(13)14(21)6-7-18/h4-5,9,13H,1-3,6,8H2,(H,19,22). The first kappa shape index (κ1) is 16.6. The Morgan fingerprint density at radius 2 is 2.14 bits per heavy atom. The van der Waals surface area contributed by atoms with Gasteiger partial charge in [0.1, 0.15) is 12.5 Å². The highest BCUT2D eigenvalue weighted by Crippen LogP contribution is 2.27. The van der Waals surface area contributed by atoms with E-state index in [1.165, 1.54) is 4.90 Å². The van der Waals surface area contributed by atoms with Crippen LogP contribution in [0.15, 0.2) is 18.2 Å². The quantitative estimate of drug-likeness (QED) is 0.918. The fraction of sp³-hybridized carbons (Fsp3) is 0.400. The van der Waals surface area contributed by atoms with Gasteiger partial charge in [0, 0.05) is 11.6 Å². The molecule has 0 aliphatic carbocycles. The lowest BCUT2D eigenvalue weighted by atomic mass is 10.0. The van der Waals surface area contributed by atoms with Crippen LogP contribution in [0.25, 0.3) is 0 Å². The molecule has 1 heterocycles. The number of nitrogens with one attached hydrogen (secondary N) is 1. The normalized spacial score (nSPS) is 17.7. The Bertz CT molecular complexity index is 628. The van der Waals surface area contributed by atoms with Crippen LogP contribution in [0.4, 0.5) is 5.69 Å². The first-order chi connectivity index (χ1) is 10.5. The van der Waals surface area contributed by atoms with E-state index < -0.39 is 6.04 Å². The van der Waals surface area contributed by atoms with Crippen LogP contribution < -0.4 is 5.32 Å². The van der Waals surface area contributed by atoms with Crippen molar-refractivity contribution in [2.75, 3.05) is 11.9 Å². The fourth-order valence-electron chi connectivity index (χ4n) is 2.48. The van der Waals surface area contributed by atoms with E-state index in [1.54, 1.807) is 18.2 Å². The lowest BCUT2D eigenvalue weighted by Gasteiger charge is -2.34. The van der Waals surface area contributed by atoms with Gasteiger partial charge in [-0.2, -0.15) is 5.26 Å². The lowest BCUT2D eigenvalue weighted by molar-refractivity contribution is -0.139. The van der Waals surface area contributed by atoms with Gasteiger partial charge in [-0.15, -0.1) is 0 Å². The highest BCUT2D eigenvalue weighted by Gasteiger charge is 2.32. The molecule has 1 aromatic carbocycles. The molecular formula is C15H15Cl2N3O2. The smallest absolute Gasteiger partial charge is 0.247 e. The number of anilines is 1. The summed E-state index contributed by atoms with van der Waals surface area (Å²) in [5.74, 6) is -0.630. The molecule has 1 unspecified atom stereocenters. The molecule has 0 bridgehead atoms. The molecule has 0 radical (unpaired) electrons. The number of likely N-dealkylation sites (tertiary alicyclic amines) is 1. The van der Waals surface area contributed by atoms with Gasteiger partial charge in [-0.3, -0.25) is 9.59 Å².